The van der Waals surface area contributed by atoms with Crippen molar-refractivity contribution in [3.8, 4) is 5.75 Å². The van der Waals surface area contributed by atoms with E-state index in [1.54, 1.807) is 12.1 Å². The number of benzene rings is 1. The molecule has 2 aromatic rings. The fourth-order valence-corrected chi connectivity index (χ4v) is 3.60. The van der Waals surface area contributed by atoms with Crippen LogP contribution in [0.5, 0.6) is 5.75 Å². The molecule has 2 heterocycles. The molecule has 0 unspecified atom stereocenters. The van der Waals surface area contributed by atoms with Gasteiger partial charge in [0.15, 0.2) is 9.84 Å². The molecule has 1 aromatic carbocycles. The summed E-state index contributed by atoms with van der Waals surface area (Å²) in [7, 11) is -3.22. The van der Waals surface area contributed by atoms with Crippen LogP contribution < -0.4 is 4.74 Å². The summed E-state index contributed by atoms with van der Waals surface area (Å²) in [6, 6.07) is 9.96. The molecule has 0 atom stereocenters. The molecule has 8 nitrogen and oxygen atoms in total. The highest BCUT2D eigenvalue weighted by Gasteiger charge is 2.24. The summed E-state index contributed by atoms with van der Waals surface area (Å²) in [6.07, 6.45) is 1.76. The molecule has 1 fully saturated rings. The van der Waals surface area contributed by atoms with E-state index in [-0.39, 0.29) is 17.4 Å². The Morgan fingerprint density at radius 2 is 1.81 bits per heavy atom. The largest absolute Gasteiger partial charge is 0.487 e. The van der Waals surface area contributed by atoms with Crippen molar-refractivity contribution in [1.82, 2.24) is 15.1 Å². The number of likely N-dealkylation sites (tertiary alicyclic amines) is 1. The highest BCUT2D eigenvalue weighted by Crippen LogP contribution is 2.26. The van der Waals surface area contributed by atoms with E-state index < -0.39 is 15.9 Å². The first-order chi connectivity index (χ1) is 12.8. The van der Waals surface area contributed by atoms with Crippen LogP contribution in [0.4, 0.5) is 4.79 Å². The lowest BCUT2D eigenvalue weighted by atomic mass is 9.93. The van der Waals surface area contributed by atoms with E-state index in [0.717, 1.165) is 24.8 Å². The molecule has 1 aliphatic heterocycles. The van der Waals surface area contributed by atoms with Crippen LogP contribution in [0.3, 0.4) is 0 Å². The first kappa shape index (κ1) is 19.1. The van der Waals surface area contributed by atoms with Crippen LogP contribution in [-0.2, 0) is 16.4 Å². The van der Waals surface area contributed by atoms with Crippen molar-refractivity contribution in [1.29, 1.82) is 0 Å². The summed E-state index contributed by atoms with van der Waals surface area (Å²) in [5.41, 5.74) is 1.52. The van der Waals surface area contributed by atoms with Gasteiger partial charge in [-0.2, -0.15) is 10.2 Å². The molecule has 0 aliphatic carbocycles. The van der Waals surface area contributed by atoms with Gasteiger partial charge in [-0.1, -0.05) is 0 Å². The van der Waals surface area contributed by atoms with Crippen LogP contribution in [0.25, 0.3) is 0 Å². The Bertz CT molecular complexity index is 890. The molecule has 1 amide bonds. The van der Waals surface area contributed by atoms with Crippen LogP contribution in [0.15, 0.2) is 41.3 Å². The van der Waals surface area contributed by atoms with Crippen LogP contribution in [0.1, 0.15) is 30.1 Å². The number of aromatic nitrogens is 2. The lowest BCUT2D eigenvalue weighted by molar-refractivity contribution is 0.131. The Morgan fingerprint density at radius 3 is 2.33 bits per heavy atom. The Morgan fingerprint density at radius 1 is 1.15 bits per heavy atom. The predicted molar refractivity (Wildman–Crippen MR) is 97.5 cm³/mol. The zero-order chi connectivity index (χ0) is 19.4. The summed E-state index contributed by atoms with van der Waals surface area (Å²) in [5.74, 6) is 0.765. The minimum atomic E-state index is -3.22. The highest BCUT2D eigenvalue weighted by molar-refractivity contribution is 7.90. The lowest BCUT2D eigenvalue weighted by Crippen LogP contribution is -2.37. The highest BCUT2D eigenvalue weighted by atomic mass is 32.2. The number of sulfone groups is 1. The monoisotopic (exact) mass is 391 g/mol. The minimum absolute atomic E-state index is 0.214. The quantitative estimate of drug-likeness (QED) is 0.833. The zero-order valence-corrected chi connectivity index (χ0v) is 15.7. The first-order valence-corrected chi connectivity index (χ1v) is 10.5. The van der Waals surface area contributed by atoms with Gasteiger partial charge < -0.3 is 14.7 Å². The van der Waals surface area contributed by atoms with Gasteiger partial charge in [-0.3, -0.25) is 0 Å². The summed E-state index contributed by atoms with van der Waals surface area (Å²) in [6.45, 7) is 1.25. The molecule has 27 heavy (non-hydrogen) atoms. The Kier molecular flexibility index (Phi) is 5.59. The Hall–Kier alpha value is -2.68. The number of carbonyl (C=O) groups is 1. The topological polar surface area (TPSA) is 110 Å². The number of hydrogen-bond acceptors (Lipinski definition) is 6. The molecule has 9 heteroatoms. The molecule has 0 spiro atoms. The minimum Gasteiger partial charge on any atom is -0.487 e. The maximum atomic E-state index is 11.4. The second-order valence-electron chi connectivity index (χ2n) is 6.53. The number of nitrogens with zero attached hydrogens (tertiary/aromatic N) is 3. The third-order valence-corrected chi connectivity index (χ3v) is 5.69. The first-order valence-electron chi connectivity index (χ1n) is 8.56. The van der Waals surface area contributed by atoms with E-state index in [2.05, 4.69) is 10.2 Å². The van der Waals surface area contributed by atoms with Gasteiger partial charge >= 0.3 is 6.09 Å². The second-order valence-corrected chi connectivity index (χ2v) is 8.54. The number of piperidine rings is 1. The van der Waals surface area contributed by atoms with Gasteiger partial charge in [0.1, 0.15) is 18.1 Å². The maximum Gasteiger partial charge on any atom is 0.407 e. The number of amides is 1. The Labute approximate surface area is 157 Å². The van der Waals surface area contributed by atoms with Gasteiger partial charge in [-0.15, -0.1) is 0 Å². The van der Waals surface area contributed by atoms with E-state index in [4.69, 9.17) is 9.84 Å². The third kappa shape index (κ3) is 4.94. The zero-order valence-electron chi connectivity index (χ0n) is 14.9. The molecule has 1 aromatic heterocycles. The molecule has 1 N–H and O–H groups in total. The summed E-state index contributed by atoms with van der Waals surface area (Å²) in [4.78, 5) is 12.6. The molecule has 1 aliphatic rings. The lowest BCUT2D eigenvalue weighted by Gasteiger charge is -2.29. The average Bonchev–Trinajstić information content (AvgIpc) is 2.66. The van der Waals surface area contributed by atoms with Gasteiger partial charge in [0, 0.05) is 25.3 Å². The molecule has 0 saturated carbocycles. The van der Waals surface area contributed by atoms with Crippen molar-refractivity contribution < 1.29 is 23.1 Å². The number of ether oxygens (including phenoxy) is 1. The third-order valence-electron chi connectivity index (χ3n) is 4.56. The molecular formula is C18H21N3O5S. The molecule has 1 saturated heterocycles. The average molecular weight is 391 g/mol. The number of rotatable bonds is 5. The van der Waals surface area contributed by atoms with Gasteiger partial charge in [0.25, 0.3) is 0 Å². The van der Waals surface area contributed by atoms with Gasteiger partial charge in [-0.25, -0.2) is 13.2 Å². The van der Waals surface area contributed by atoms with Crippen molar-refractivity contribution in [3.05, 3.63) is 47.8 Å². The molecule has 0 bridgehead atoms. The van der Waals surface area contributed by atoms with Crippen molar-refractivity contribution in [2.75, 3.05) is 19.3 Å². The van der Waals surface area contributed by atoms with Crippen molar-refractivity contribution in [2.45, 2.75) is 30.3 Å². The smallest absolute Gasteiger partial charge is 0.407 e. The molecule has 3 rings (SSSR count). The predicted octanol–water partition coefficient (Wildman–Crippen LogP) is 2.32. The van der Waals surface area contributed by atoms with E-state index in [0.29, 0.717) is 24.5 Å². The second kappa shape index (κ2) is 7.91. The van der Waals surface area contributed by atoms with E-state index in [1.165, 1.54) is 17.0 Å². The SMILES string of the molecule is CS(=O)(=O)c1ccc(OCc2ccc(C3CCN(C(=O)O)CC3)nn2)cc1. The van der Waals surface area contributed by atoms with E-state index in [9.17, 15) is 13.2 Å². The molecule has 144 valence electrons. The van der Waals surface area contributed by atoms with Gasteiger partial charge in [0.05, 0.1) is 10.6 Å². The number of carboxylic acid groups (broad SMARTS) is 1. The van der Waals surface area contributed by atoms with Crippen LogP contribution in [0, 0.1) is 0 Å². The fourth-order valence-electron chi connectivity index (χ4n) is 2.97. The van der Waals surface area contributed by atoms with Crippen LogP contribution in [-0.4, -0.2) is 54.1 Å². The molecular weight excluding hydrogens is 370 g/mol. The Balaban J connectivity index is 1.54. The summed E-state index contributed by atoms with van der Waals surface area (Å²) < 4.78 is 28.5. The summed E-state index contributed by atoms with van der Waals surface area (Å²) in [5, 5.41) is 17.4. The van der Waals surface area contributed by atoms with E-state index in [1.807, 2.05) is 12.1 Å². The van der Waals surface area contributed by atoms with E-state index >= 15 is 0 Å². The standard InChI is InChI=1S/C18H21N3O5S/c1-27(24,25)16-5-3-15(4-6-16)26-12-14-2-7-17(20-19-14)13-8-10-21(11-9-13)18(22)23/h2-7,13H,8-12H2,1H3,(H,22,23). The van der Waals surface area contributed by atoms with Crippen LogP contribution >= 0.6 is 0 Å². The van der Waals surface area contributed by atoms with Gasteiger partial charge in [0.2, 0.25) is 0 Å². The normalized spacial score (nSPS) is 15.5. The fraction of sp³-hybridized carbons (Fsp3) is 0.389. The summed E-state index contributed by atoms with van der Waals surface area (Å²) >= 11 is 0. The van der Waals surface area contributed by atoms with Crippen molar-refractivity contribution in [3.63, 3.8) is 0 Å². The molecule has 0 radical (unpaired) electrons. The van der Waals surface area contributed by atoms with Crippen molar-refractivity contribution >= 4 is 15.9 Å². The van der Waals surface area contributed by atoms with Gasteiger partial charge in [-0.05, 0) is 49.2 Å². The maximum absolute atomic E-state index is 11.4. The van der Waals surface area contributed by atoms with Crippen LogP contribution in [0.2, 0.25) is 0 Å². The number of hydrogen-bond donors (Lipinski definition) is 1. The van der Waals surface area contributed by atoms with Crippen molar-refractivity contribution in [2.24, 2.45) is 0 Å².